The highest BCUT2D eigenvalue weighted by Crippen LogP contribution is 2.42. The van der Waals surface area contributed by atoms with Crippen molar-refractivity contribution in [2.24, 2.45) is 5.41 Å². The Bertz CT molecular complexity index is 447. The molecular weight excluding hydrogens is 240 g/mol. The first-order valence-electron chi connectivity index (χ1n) is 7.03. The number of aliphatic hydroxyl groups is 1. The van der Waals surface area contributed by atoms with Crippen LogP contribution in [0.5, 0.6) is 0 Å². The summed E-state index contributed by atoms with van der Waals surface area (Å²) in [6, 6.07) is 2.19. The number of anilines is 2. The Morgan fingerprint density at radius 1 is 1.32 bits per heavy atom. The van der Waals surface area contributed by atoms with Crippen molar-refractivity contribution in [3.8, 4) is 0 Å². The van der Waals surface area contributed by atoms with Crippen molar-refractivity contribution < 1.29 is 5.11 Å². The van der Waals surface area contributed by atoms with E-state index in [9.17, 15) is 5.11 Å². The van der Waals surface area contributed by atoms with Crippen LogP contribution in [-0.4, -0.2) is 33.8 Å². The topological polar surface area (TPSA) is 70.1 Å². The van der Waals surface area contributed by atoms with Gasteiger partial charge in [-0.3, -0.25) is 0 Å². The lowest BCUT2D eigenvalue weighted by atomic mass is 9.64. The normalized spacial score (nSPS) is 24.7. The van der Waals surface area contributed by atoms with Crippen LogP contribution in [0.4, 0.5) is 11.6 Å². The van der Waals surface area contributed by atoms with Crippen LogP contribution >= 0.6 is 0 Å². The maximum atomic E-state index is 9.78. The van der Waals surface area contributed by atoms with Crippen LogP contribution in [0.3, 0.4) is 0 Å². The van der Waals surface area contributed by atoms with Gasteiger partial charge in [0, 0.05) is 30.5 Å². The Morgan fingerprint density at radius 3 is 2.53 bits per heavy atom. The summed E-state index contributed by atoms with van der Waals surface area (Å²) in [5.74, 6) is 2.53. The molecule has 1 saturated carbocycles. The molecule has 1 aliphatic carbocycles. The van der Waals surface area contributed by atoms with Crippen molar-refractivity contribution in [1.29, 1.82) is 0 Å². The van der Waals surface area contributed by atoms with Gasteiger partial charge in [0.25, 0.3) is 0 Å². The van der Waals surface area contributed by atoms with Crippen molar-refractivity contribution in [3.63, 3.8) is 0 Å². The molecule has 0 bridgehead atoms. The molecule has 0 aromatic carbocycles. The molecule has 2 atom stereocenters. The Hall–Kier alpha value is -1.36. The van der Waals surface area contributed by atoms with Crippen LogP contribution in [-0.2, 0) is 6.42 Å². The highest BCUT2D eigenvalue weighted by Gasteiger charge is 2.47. The molecule has 2 unspecified atom stereocenters. The third kappa shape index (κ3) is 2.81. The van der Waals surface area contributed by atoms with E-state index >= 15 is 0 Å². The highest BCUT2D eigenvalue weighted by atomic mass is 16.3. The first-order valence-corrected chi connectivity index (χ1v) is 7.03. The first-order chi connectivity index (χ1) is 8.97. The molecule has 5 nitrogen and oxygen atoms in total. The molecule has 0 saturated heterocycles. The van der Waals surface area contributed by atoms with Gasteiger partial charge in [0.2, 0.25) is 0 Å². The summed E-state index contributed by atoms with van der Waals surface area (Å²) >= 11 is 0. The molecule has 0 amide bonds. The smallest absolute Gasteiger partial charge is 0.132 e. The molecule has 1 fully saturated rings. The van der Waals surface area contributed by atoms with Gasteiger partial charge >= 0.3 is 0 Å². The SMILES string of the molecule is CCNc1cc(NC2CC(O)C2(C)C)nc(CC)n1. The second-order valence-corrected chi connectivity index (χ2v) is 5.71. The maximum Gasteiger partial charge on any atom is 0.132 e. The number of aromatic nitrogens is 2. The zero-order valence-corrected chi connectivity index (χ0v) is 12.2. The summed E-state index contributed by atoms with van der Waals surface area (Å²) in [7, 11) is 0. The Kier molecular flexibility index (Phi) is 3.94. The van der Waals surface area contributed by atoms with Crippen LogP contribution in [0, 0.1) is 5.41 Å². The van der Waals surface area contributed by atoms with Gasteiger partial charge in [-0.2, -0.15) is 0 Å². The van der Waals surface area contributed by atoms with E-state index in [1.807, 2.05) is 19.9 Å². The van der Waals surface area contributed by atoms with Crippen molar-refractivity contribution >= 4 is 11.6 Å². The molecule has 1 heterocycles. The third-order valence-electron chi connectivity index (χ3n) is 3.98. The number of nitrogens with zero attached hydrogens (tertiary/aromatic N) is 2. The lowest BCUT2D eigenvalue weighted by Crippen LogP contribution is -2.57. The summed E-state index contributed by atoms with van der Waals surface area (Å²) in [4.78, 5) is 8.94. The second-order valence-electron chi connectivity index (χ2n) is 5.71. The van der Waals surface area contributed by atoms with Gasteiger partial charge in [-0.1, -0.05) is 20.8 Å². The molecule has 0 radical (unpaired) electrons. The van der Waals surface area contributed by atoms with E-state index in [0.29, 0.717) is 0 Å². The molecule has 0 aliphatic heterocycles. The third-order valence-corrected chi connectivity index (χ3v) is 3.98. The molecule has 5 heteroatoms. The van der Waals surface area contributed by atoms with Crippen molar-refractivity contribution in [1.82, 2.24) is 9.97 Å². The van der Waals surface area contributed by atoms with Gasteiger partial charge in [0.15, 0.2) is 0 Å². The molecule has 19 heavy (non-hydrogen) atoms. The molecule has 106 valence electrons. The molecule has 3 N–H and O–H groups in total. The number of aliphatic hydroxyl groups excluding tert-OH is 1. The minimum Gasteiger partial charge on any atom is -0.392 e. The summed E-state index contributed by atoms with van der Waals surface area (Å²) in [5, 5.41) is 16.4. The van der Waals surface area contributed by atoms with E-state index in [0.717, 1.165) is 36.8 Å². The number of nitrogens with one attached hydrogen (secondary N) is 2. The Labute approximate surface area is 114 Å². The van der Waals surface area contributed by atoms with Crippen molar-refractivity contribution in [2.45, 2.75) is 52.7 Å². The monoisotopic (exact) mass is 264 g/mol. The van der Waals surface area contributed by atoms with E-state index in [1.54, 1.807) is 0 Å². The largest absolute Gasteiger partial charge is 0.392 e. The van der Waals surface area contributed by atoms with Gasteiger partial charge in [-0.15, -0.1) is 0 Å². The molecular formula is C14H24N4O. The quantitative estimate of drug-likeness (QED) is 0.759. The minimum absolute atomic E-state index is 0.102. The van der Waals surface area contributed by atoms with Crippen LogP contribution in [0.2, 0.25) is 0 Å². The second kappa shape index (κ2) is 5.33. The van der Waals surface area contributed by atoms with Crippen LogP contribution in [0.25, 0.3) is 0 Å². The Balaban J connectivity index is 2.13. The fourth-order valence-electron chi connectivity index (χ4n) is 2.33. The number of hydrogen-bond acceptors (Lipinski definition) is 5. The Morgan fingerprint density at radius 2 is 2.00 bits per heavy atom. The highest BCUT2D eigenvalue weighted by molar-refractivity contribution is 5.48. The first kappa shape index (κ1) is 14.1. The van der Waals surface area contributed by atoms with Gasteiger partial charge in [0.1, 0.15) is 17.5 Å². The number of aryl methyl sites for hydroxylation is 1. The average molecular weight is 264 g/mol. The van der Waals surface area contributed by atoms with Crippen LogP contribution in [0.15, 0.2) is 6.07 Å². The fraction of sp³-hybridized carbons (Fsp3) is 0.714. The van der Waals surface area contributed by atoms with Gasteiger partial charge in [-0.05, 0) is 13.3 Å². The van der Waals surface area contributed by atoms with Crippen LogP contribution in [0.1, 0.15) is 39.9 Å². The maximum absolute atomic E-state index is 9.78. The molecule has 1 aromatic heterocycles. The summed E-state index contributed by atoms with van der Waals surface area (Å²) in [6.07, 6.45) is 1.35. The predicted molar refractivity (Wildman–Crippen MR) is 77.4 cm³/mol. The minimum atomic E-state index is -0.231. The standard InChI is InChI=1S/C14H24N4O/c1-5-11-17-12(15-6-2)8-13(18-11)16-9-7-10(19)14(9,3)4/h8-10,19H,5-7H2,1-4H3,(H2,15,16,17,18). The van der Waals surface area contributed by atoms with E-state index in [-0.39, 0.29) is 17.6 Å². The van der Waals surface area contributed by atoms with Gasteiger partial charge in [0.05, 0.1) is 6.10 Å². The predicted octanol–water partition coefficient (Wildman–Crippen LogP) is 2.04. The molecule has 2 rings (SSSR count). The van der Waals surface area contributed by atoms with Crippen molar-refractivity contribution in [2.75, 3.05) is 17.2 Å². The van der Waals surface area contributed by atoms with Gasteiger partial charge < -0.3 is 15.7 Å². The zero-order chi connectivity index (χ0) is 14.0. The fourth-order valence-corrected chi connectivity index (χ4v) is 2.33. The lowest BCUT2D eigenvalue weighted by Gasteiger charge is -2.49. The van der Waals surface area contributed by atoms with E-state index in [4.69, 9.17) is 0 Å². The lowest BCUT2D eigenvalue weighted by molar-refractivity contribution is -0.0511. The molecule has 0 spiro atoms. The summed E-state index contributed by atoms with van der Waals surface area (Å²) in [5.41, 5.74) is -0.102. The van der Waals surface area contributed by atoms with E-state index in [2.05, 4.69) is 34.4 Å². The molecule has 1 aromatic rings. The van der Waals surface area contributed by atoms with Gasteiger partial charge in [-0.25, -0.2) is 9.97 Å². The van der Waals surface area contributed by atoms with E-state index < -0.39 is 0 Å². The zero-order valence-electron chi connectivity index (χ0n) is 12.2. The summed E-state index contributed by atoms with van der Waals surface area (Å²) < 4.78 is 0. The number of hydrogen-bond donors (Lipinski definition) is 3. The van der Waals surface area contributed by atoms with Crippen molar-refractivity contribution in [3.05, 3.63) is 11.9 Å². The van der Waals surface area contributed by atoms with E-state index in [1.165, 1.54) is 0 Å². The average Bonchev–Trinajstić information content (AvgIpc) is 2.38. The summed E-state index contributed by atoms with van der Waals surface area (Å²) in [6.45, 7) is 9.09. The number of rotatable bonds is 5. The molecule has 1 aliphatic rings. The van der Waals surface area contributed by atoms with Crippen LogP contribution < -0.4 is 10.6 Å².